The number of nitrogens with zero attached hydrogens (tertiary/aromatic N) is 1. The summed E-state index contributed by atoms with van der Waals surface area (Å²) >= 11 is 0. The third-order valence-electron chi connectivity index (χ3n) is 4.41. The number of rotatable bonds is 9. The van der Waals surface area contributed by atoms with Crippen LogP contribution in [-0.4, -0.2) is 51.3 Å². The average molecular weight is 290 g/mol. The highest BCUT2D eigenvalue weighted by atomic mass is 16.5. The number of benzene rings is 1. The monoisotopic (exact) mass is 290 g/mol. The van der Waals surface area contributed by atoms with Crippen LogP contribution in [0.25, 0.3) is 0 Å². The van der Waals surface area contributed by atoms with E-state index in [1.165, 1.54) is 50.9 Å². The first-order chi connectivity index (χ1) is 10.4. The van der Waals surface area contributed by atoms with Crippen molar-refractivity contribution in [3.8, 4) is 0 Å². The summed E-state index contributed by atoms with van der Waals surface area (Å²) in [7, 11) is 1.76. The maximum absolute atomic E-state index is 5.06. The molecule has 1 aromatic carbocycles. The van der Waals surface area contributed by atoms with Gasteiger partial charge in [-0.3, -0.25) is 0 Å². The Labute approximate surface area is 129 Å². The lowest BCUT2D eigenvalue weighted by molar-refractivity contribution is 0.172. The minimum absolute atomic E-state index is 0.818. The van der Waals surface area contributed by atoms with Crippen molar-refractivity contribution in [3.05, 3.63) is 35.9 Å². The van der Waals surface area contributed by atoms with Gasteiger partial charge in [0.25, 0.3) is 0 Å². The van der Waals surface area contributed by atoms with E-state index in [0.29, 0.717) is 0 Å². The number of hydrogen-bond acceptors (Lipinski definition) is 3. The van der Waals surface area contributed by atoms with Crippen molar-refractivity contribution in [1.29, 1.82) is 0 Å². The van der Waals surface area contributed by atoms with Crippen LogP contribution in [0.3, 0.4) is 0 Å². The molecule has 0 atom stereocenters. The van der Waals surface area contributed by atoms with Gasteiger partial charge < -0.3 is 15.0 Å². The fourth-order valence-corrected chi connectivity index (χ4v) is 3.05. The predicted molar refractivity (Wildman–Crippen MR) is 88.7 cm³/mol. The van der Waals surface area contributed by atoms with Gasteiger partial charge in [-0.25, -0.2) is 0 Å². The molecule has 1 heterocycles. The zero-order valence-corrected chi connectivity index (χ0v) is 13.4. The Balaban J connectivity index is 1.53. The van der Waals surface area contributed by atoms with Crippen molar-refractivity contribution in [2.24, 2.45) is 5.92 Å². The van der Waals surface area contributed by atoms with Crippen LogP contribution in [0, 0.1) is 5.92 Å². The molecular formula is C18H30N2O. The second kappa shape index (κ2) is 9.93. The quantitative estimate of drug-likeness (QED) is 0.708. The van der Waals surface area contributed by atoms with Gasteiger partial charge in [-0.15, -0.1) is 0 Å². The third-order valence-corrected chi connectivity index (χ3v) is 4.41. The molecule has 0 aromatic heterocycles. The van der Waals surface area contributed by atoms with Crippen LogP contribution in [0.2, 0.25) is 0 Å². The summed E-state index contributed by atoms with van der Waals surface area (Å²) in [5, 5.41) is 3.49. The van der Waals surface area contributed by atoms with Crippen LogP contribution in [0.1, 0.15) is 24.8 Å². The van der Waals surface area contributed by atoms with Gasteiger partial charge in [0.1, 0.15) is 0 Å². The highest BCUT2D eigenvalue weighted by molar-refractivity contribution is 5.14. The zero-order valence-electron chi connectivity index (χ0n) is 13.4. The molecule has 0 spiro atoms. The Morgan fingerprint density at radius 2 is 1.95 bits per heavy atom. The molecule has 0 aliphatic carbocycles. The average Bonchev–Trinajstić information content (AvgIpc) is 2.54. The number of hydrogen-bond donors (Lipinski definition) is 1. The smallest absolute Gasteiger partial charge is 0.0587 e. The molecule has 1 fully saturated rings. The number of methoxy groups -OCH3 is 1. The van der Waals surface area contributed by atoms with Gasteiger partial charge in [0, 0.05) is 13.7 Å². The molecule has 3 nitrogen and oxygen atoms in total. The van der Waals surface area contributed by atoms with E-state index >= 15 is 0 Å². The molecule has 1 N–H and O–H groups in total. The lowest BCUT2D eigenvalue weighted by Gasteiger charge is -2.32. The maximum atomic E-state index is 5.06. The van der Waals surface area contributed by atoms with Crippen LogP contribution in [0.5, 0.6) is 0 Å². The van der Waals surface area contributed by atoms with Crippen LogP contribution < -0.4 is 5.32 Å². The van der Waals surface area contributed by atoms with E-state index in [1.54, 1.807) is 7.11 Å². The molecule has 0 amide bonds. The Bertz CT molecular complexity index is 361. The summed E-state index contributed by atoms with van der Waals surface area (Å²) in [5.74, 6) is 0.854. The van der Waals surface area contributed by atoms with Crippen molar-refractivity contribution in [3.63, 3.8) is 0 Å². The van der Waals surface area contributed by atoms with Crippen LogP contribution >= 0.6 is 0 Å². The first kappa shape index (κ1) is 16.5. The second-order valence-electron chi connectivity index (χ2n) is 6.07. The number of piperidine rings is 1. The van der Waals surface area contributed by atoms with Crippen molar-refractivity contribution in [2.75, 3.05) is 46.4 Å². The topological polar surface area (TPSA) is 24.5 Å². The molecule has 0 bridgehead atoms. The van der Waals surface area contributed by atoms with Gasteiger partial charge in [-0.2, -0.15) is 0 Å². The summed E-state index contributed by atoms with van der Waals surface area (Å²) in [6, 6.07) is 10.8. The predicted octanol–water partition coefficient (Wildman–Crippen LogP) is 2.57. The van der Waals surface area contributed by atoms with Crippen molar-refractivity contribution < 1.29 is 4.74 Å². The molecule has 3 heteroatoms. The fourth-order valence-electron chi connectivity index (χ4n) is 3.05. The van der Waals surface area contributed by atoms with Gasteiger partial charge in [0.15, 0.2) is 0 Å². The molecule has 1 aromatic rings. The van der Waals surface area contributed by atoms with Gasteiger partial charge in [0.2, 0.25) is 0 Å². The third kappa shape index (κ3) is 6.60. The van der Waals surface area contributed by atoms with Gasteiger partial charge in [0.05, 0.1) is 6.61 Å². The minimum Gasteiger partial charge on any atom is -0.383 e. The largest absolute Gasteiger partial charge is 0.383 e. The van der Waals surface area contributed by atoms with Gasteiger partial charge in [-0.05, 0) is 63.3 Å². The molecule has 1 aliphatic heterocycles. The van der Waals surface area contributed by atoms with Crippen molar-refractivity contribution in [2.45, 2.75) is 25.7 Å². The zero-order chi connectivity index (χ0) is 14.8. The molecule has 1 saturated heterocycles. The van der Waals surface area contributed by atoms with E-state index in [1.807, 2.05) is 0 Å². The van der Waals surface area contributed by atoms with E-state index in [2.05, 4.69) is 40.5 Å². The van der Waals surface area contributed by atoms with Crippen molar-refractivity contribution >= 4 is 0 Å². The van der Waals surface area contributed by atoms with Crippen LogP contribution in [0.15, 0.2) is 30.3 Å². The lowest BCUT2D eigenvalue weighted by atomic mass is 9.96. The standard InChI is InChI=1S/C18H30N2O/c1-21-15-11-19-16-18-9-13-20(14-10-18)12-5-8-17-6-3-2-4-7-17/h2-4,6-7,18-19H,5,8-16H2,1H3. The van der Waals surface area contributed by atoms with Crippen molar-refractivity contribution in [1.82, 2.24) is 10.2 Å². The molecule has 21 heavy (non-hydrogen) atoms. The molecule has 2 rings (SSSR count). The minimum atomic E-state index is 0.818. The molecular weight excluding hydrogens is 260 g/mol. The molecule has 118 valence electrons. The van der Waals surface area contributed by atoms with Gasteiger partial charge in [-0.1, -0.05) is 30.3 Å². The summed E-state index contributed by atoms with van der Waals surface area (Å²) in [5.41, 5.74) is 1.47. The summed E-state index contributed by atoms with van der Waals surface area (Å²) in [6.45, 7) is 6.74. The lowest BCUT2D eigenvalue weighted by Crippen LogP contribution is -2.38. The van der Waals surface area contributed by atoms with E-state index < -0.39 is 0 Å². The van der Waals surface area contributed by atoms with E-state index in [0.717, 1.165) is 25.6 Å². The number of nitrogens with one attached hydrogen (secondary N) is 1. The maximum Gasteiger partial charge on any atom is 0.0587 e. The highest BCUT2D eigenvalue weighted by Gasteiger charge is 2.18. The van der Waals surface area contributed by atoms with E-state index in [4.69, 9.17) is 4.74 Å². The van der Waals surface area contributed by atoms with Gasteiger partial charge >= 0.3 is 0 Å². The fraction of sp³-hybridized carbons (Fsp3) is 0.667. The molecule has 0 unspecified atom stereocenters. The van der Waals surface area contributed by atoms with Crippen LogP contribution in [-0.2, 0) is 11.2 Å². The summed E-state index contributed by atoms with van der Waals surface area (Å²) in [6.07, 6.45) is 5.16. The Hall–Kier alpha value is -0.900. The SMILES string of the molecule is COCCNCC1CCN(CCCc2ccccc2)CC1. The van der Waals surface area contributed by atoms with E-state index in [-0.39, 0.29) is 0 Å². The van der Waals surface area contributed by atoms with E-state index in [9.17, 15) is 0 Å². The summed E-state index contributed by atoms with van der Waals surface area (Å²) in [4.78, 5) is 2.63. The Kier molecular flexibility index (Phi) is 7.79. The highest BCUT2D eigenvalue weighted by Crippen LogP contribution is 2.16. The molecule has 0 radical (unpaired) electrons. The molecule has 1 aliphatic rings. The van der Waals surface area contributed by atoms with Crippen LogP contribution in [0.4, 0.5) is 0 Å². The normalized spacial score (nSPS) is 17.2. The second-order valence-corrected chi connectivity index (χ2v) is 6.07. The number of ether oxygens (including phenoxy) is 1. The Morgan fingerprint density at radius 3 is 2.67 bits per heavy atom. The Morgan fingerprint density at radius 1 is 1.19 bits per heavy atom. The summed E-state index contributed by atoms with van der Waals surface area (Å²) < 4.78 is 5.06. The first-order valence-electron chi connectivity index (χ1n) is 8.34. The first-order valence-corrected chi connectivity index (χ1v) is 8.34. The number of aryl methyl sites for hydroxylation is 1. The number of likely N-dealkylation sites (tertiary alicyclic amines) is 1. The molecule has 0 saturated carbocycles.